The number of rotatable bonds is 1. The number of aromatic nitrogens is 8. The van der Waals surface area contributed by atoms with Crippen LogP contribution in [-0.4, -0.2) is 45.7 Å². The zero-order chi connectivity index (χ0) is 17.3. The van der Waals surface area contributed by atoms with Gasteiger partial charge in [-0.2, -0.15) is 4.98 Å². The van der Waals surface area contributed by atoms with Gasteiger partial charge in [0.1, 0.15) is 16.9 Å². The summed E-state index contributed by atoms with van der Waals surface area (Å²) in [6.07, 6.45) is 5.12. The van der Waals surface area contributed by atoms with Gasteiger partial charge in [-0.25, -0.2) is 15.0 Å². The van der Waals surface area contributed by atoms with Crippen molar-refractivity contribution in [1.29, 1.82) is 0 Å². The molecule has 0 unspecified atom stereocenters. The van der Waals surface area contributed by atoms with Gasteiger partial charge < -0.3 is 20.7 Å². The minimum Gasteiger partial charge on any atom is -0.369 e. The summed E-state index contributed by atoms with van der Waals surface area (Å²) < 4.78 is 1.62. The van der Waals surface area contributed by atoms with Crippen LogP contribution in [0.4, 0.5) is 5.95 Å². The summed E-state index contributed by atoms with van der Waals surface area (Å²) in [5, 5.41) is 0.938. The van der Waals surface area contributed by atoms with Crippen LogP contribution in [0.2, 0.25) is 0 Å². The molecule has 0 fully saturated rings. The van der Waals surface area contributed by atoms with E-state index in [4.69, 9.17) is 18.0 Å². The Bertz CT molecular complexity index is 1120. The Balaban J connectivity index is 0.000000143. The van der Waals surface area contributed by atoms with Crippen molar-refractivity contribution in [2.45, 2.75) is 5.03 Å². The maximum absolute atomic E-state index is 11.5. The van der Waals surface area contributed by atoms with Crippen LogP contribution in [0.25, 0.3) is 22.3 Å². The van der Waals surface area contributed by atoms with E-state index in [-0.39, 0.29) is 11.5 Å². The second-order valence-corrected chi connectivity index (χ2v) is 5.82. The third-order valence-electron chi connectivity index (χ3n) is 3.18. The summed E-state index contributed by atoms with van der Waals surface area (Å²) >= 11 is 6.40. The fourth-order valence-corrected chi connectivity index (χ4v) is 2.68. The van der Waals surface area contributed by atoms with Crippen molar-refractivity contribution in [3.8, 4) is 0 Å². The van der Waals surface area contributed by atoms with Crippen LogP contribution < -0.4 is 11.3 Å². The van der Waals surface area contributed by atoms with E-state index in [0.717, 1.165) is 16.2 Å². The van der Waals surface area contributed by atoms with Crippen molar-refractivity contribution < 1.29 is 0 Å². The summed E-state index contributed by atoms with van der Waals surface area (Å²) in [6, 6.07) is 0. The quantitative estimate of drug-likeness (QED) is 0.222. The van der Waals surface area contributed by atoms with Crippen LogP contribution in [0.1, 0.15) is 0 Å². The van der Waals surface area contributed by atoms with Gasteiger partial charge >= 0.3 is 0 Å². The van der Waals surface area contributed by atoms with Crippen LogP contribution in [0.3, 0.4) is 0 Å². The number of fused-ring (bicyclic) bond motifs is 2. The Kier molecular flexibility index (Phi) is 4.31. The Morgan fingerprint density at radius 2 is 2.04 bits per heavy atom. The van der Waals surface area contributed by atoms with Crippen LogP contribution in [0.15, 0.2) is 22.5 Å². The molecule has 4 aromatic rings. The monoisotopic (exact) mass is 363 g/mol. The lowest BCUT2D eigenvalue weighted by atomic mass is 10.5. The maximum atomic E-state index is 11.5. The van der Waals surface area contributed by atoms with Crippen molar-refractivity contribution in [3.63, 3.8) is 0 Å². The van der Waals surface area contributed by atoms with E-state index in [2.05, 4.69) is 34.9 Å². The highest BCUT2D eigenvalue weighted by atomic mass is 32.2. The van der Waals surface area contributed by atoms with Gasteiger partial charge in [-0.15, -0.1) is 11.8 Å². The summed E-state index contributed by atoms with van der Waals surface area (Å²) in [5.41, 5.74) is 7.62. The number of nitrogens with zero attached hydrogens (tertiary/aromatic N) is 5. The van der Waals surface area contributed by atoms with Gasteiger partial charge in [-0.3, -0.25) is 9.36 Å². The Morgan fingerprint density at radius 3 is 2.79 bits per heavy atom. The first-order valence-corrected chi connectivity index (χ1v) is 8.27. The predicted octanol–water partition coefficient (Wildman–Crippen LogP) is 0.976. The second kappa shape index (κ2) is 6.41. The zero-order valence-electron chi connectivity index (χ0n) is 12.7. The molecule has 0 radical (unpaired) electrons. The lowest BCUT2D eigenvalue weighted by Crippen LogP contribution is -2.21. The van der Waals surface area contributed by atoms with Gasteiger partial charge in [0.15, 0.2) is 21.6 Å². The molecule has 12 heteroatoms. The Hall–Kier alpha value is -2.73. The molecule has 10 nitrogen and oxygen atoms in total. The third kappa shape index (κ3) is 2.88. The number of hydrogen-bond acceptors (Lipinski definition) is 8. The van der Waals surface area contributed by atoms with Gasteiger partial charge in [0, 0.05) is 7.05 Å². The molecule has 0 saturated heterocycles. The van der Waals surface area contributed by atoms with Gasteiger partial charge in [0.05, 0.1) is 6.33 Å². The molecule has 24 heavy (non-hydrogen) atoms. The molecular formula is C12H13N9OS2. The van der Waals surface area contributed by atoms with Crippen LogP contribution >= 0.6 is 24.0 Å². The van der Waals surface area contributed by atoms with Crippen molar-refractivity contribution in [2.75, 3.05) is 12.0 Å². The van der Waals surface area contributed by atoms with E-state index in [1.807, 2.05) is 6.26 Å². The molecule has 4 rings (SSSR count). The first kappa shape index (κ1) is 16.1. The topological polar surface area (TPSA) is 147 Å². The molecule has 0 atom stereocenters. The molecular weight excluding hydrogens is 350 g/mol. The van der Waals surface area contributed by atoms with E-state index in [9.17, 15) is 4.79 Å². The van der Waals surface area contributed by atoms with E-state index in [1.165, 1.54) is 10.9 Å². The van der Waals surface area contributed by atoms with Crippen LogP contribution in [0, 0.1) is 4.77 Å². The van der Waals surface area contributed by atoms with Crippen molar-refractivity contribution in [2.24, 2.45) is 7.05 Å². The average Bonchev–Trinajstić information content (AvgIpc) is 3.19. The van der Waals surface area contributed by atoms with E-state index in [1.54, 1.807) is 25.1 Å². The van der Waals surface area contributed by atoms with Crippen molar-refractivity contribution in [3.05, 3.63) is 27.8 Å². The maximum Gasteiger partial charge on any atom is 0.280 e. The first-order valence-electron chi connectivity index (χ1n) is 6.64. The fraction of sp³-hybridized carbons (Fsp3) is 0.167. The Morgan fingerprint density at radius 1 is 1.25 bits per heavy atom. The summed E-state index contributed by atoms with van der Waals surface area (Å²) in [5.74, 6) is 0.155. The van der Waals surface area contributed by atoms with Crippen molar-refractivity contribution in [1.82, 2.24) is 39.5 Å². The van der Waals surface area contributed by atoms with Gasteiger partial charge in [-0.1, -0.05) is 0 Å². The standard InChI is InChI=1S/C6H7N5OS.C6H6N4S/c1-11-4(12)2-3(9-5(11)7)10-6(13)8-2;1-11-6-4-5(8-2-7-4)9-3-10-6/h1H3,(H2,7,9)(H2,8,10,13);2-3H,1H3,(H,7,8,9,10). The fourth-order valence-electron chi connectivity index (χ4n) is 1.97. The molecule has 0 aromatic carbocycles. The first-order chi connectivity index (χ1) is 11.5. The highest BCUT2D eigenvalue weighted by Crippen LogP contribution is 2.18. The van der Waals surface area contributed by atoms with E-state index < -0.39 is 0 Å². The van der Waals surface area contributed by atoms with Gasteiger partial charge in [-0.05, 0) is 18.5 Å². The summed E-state index contributed by atoms with van der Waals surface area (Å²) in [6.45, 7) is 0. The van der Waals surface area contributed by atoms with E-state index >= 15 is 0 Å². The van der Waals surface area contributed by atoms with Crippen molar-refractivity contribution >= 4 is 52.3 Å². The van der Waals surface area contributed by atoms with Crippen LogP contribution in [-0.2, 0) is 7.05 Å². The number of hydrogen-bond donors (Lipinski definition) is 4. The Labute approximate surface area is 144 Å². The lowest BCUT2D eigenvalue weighted by Gasteiger charge is -1.99. The number of nitrogens with two attached hydrogens (primary N) is 1. The molecule has 4 aromatic heterocycles. The second-order valence-electron chi connectivity index (χ2n) is 4.62. The minimum atomic E-state index is -0.241. The number of thioether (sulfide) groups is 1. The number of anilines is 1. The predicted molar refractivity (Wildman–Crippen MR) is 94.4 cm³/mol. The number of H-pyrrole nitrogens is 3. The SMILES string of the molecule is CSc1ncnc2nc[nH]c12.Cn1c(N)nc2[nH]c(=S)[nH]c2c1=O. The minimum absolute atomic E-state index is 0.155. The summed E-state index contributed by atoms with van der Waals surface area (Å²) in [7, 11) is 1.55. The molecule has 0 spiro atoms. The molecule has 4 heterocycles. The van der Waals surface area contributed by atoms with Gasteiger partial charge in [0.25, 0.3) is 5.56 Å². The molecule has 124 valence electrons. The smallest absolute Gasteiger partial charge is 0.280 e. The average molecular weight is 363 g/mol. The van der Waals surface area contributed by atoms with E-state index in [0.29, 0.717) is 15.9 Å². The lowest BCUT2D eigenvalue weighted by molar-refractivity contribution is 0.858. The normalized spacial score (nSPS) is 10.8. The molecule has 0 aliphatic carbocycles. The number of aromatic amines is 3. The largest absolute Gasteiger partial charge is 0.369 e. The molecule has 0 bridgehead atoms. The zero-order valence-corrected chi connectivity index (χ0v) is 14.3. The third-order valence-corrected chi connectivity index (χ3v) is 4.08. The molecule has 5 N–H and O–H groups in total. The van der Waals surface area contributed by atoms with Gasteiger partial charge in [0.2, 0.25) is 5.95 Å². The number of nitrogens with one attached hydrogen (secondary N) is 3. The molecule has 0 aliphatic rings. The molecule has 0 aliphatic heterocycles. The summed E-state index contributed by atoms with van der Waals surface area (Å²) in [4.78, 5) is 35.9. The number of nitrogen functional groups attached to an aromatic ring is 1. The highest BCUT2D eigenvalue weighted by Gasteiger charge is 2.06. The molecule has 0 saturated carbocycles. The van der Waals surface area contributed by atoms with Crippen LogP contribution in [0.5, 0.6) is 0 Å². The highest BCUT2D eigenvalue weighted by molar-refractivity contribution is 7.98. The number of imidazole rings is 2. The molecule has 0 amide bonds.